The van der Waals surface area contributed by atoms with Crippen molar-refractivity contribution in [3.63, 3.8) is 0 Å². The first-order valence-corrected chi connectivity index (χ1v) is 14.1. The SMILES string of the molecule is O=C(CNCC(c1ccccc1Cl)N1CCCCC1)c1ccc(S(=O)(=O)N2CCCCC2)cc1. The quantitative estimate of drug-likeness (QED) is 0.510. The molecule has 2 aromatic carbocycles. The van der Waals surface area contributed by atoms with Crippen LogP contribution in [0.25, 0.3) is 0 Å². The average Bonchev–Trinajstić information content (AvgIpc) is 2.88. The van der Waals surface area contributed by atoms with Crippen LogP contribution in [0.2, 0.25) is 5.02 Å². The van der Waals surface area contributed by atoms with Crippen molar-refractivity contribution in [2.75, 3.05) is 39.3 Å². The normalized spacial score (nSPS) is 19.1. The van der Waals surface area contributed by atoms with Crippen molar-refractivity contribution >= 4 is 27.4 Å². The van der Waals surface area contributed by atoms with E-state index in [0.717, 1.165) is 42.9 Å². The van der Waals surface area contributed by atoms with Gasteiger partial charge in [0.25, 0.3) is 0 Å². The highest BCUT2D eigenvalue weighted by Crippen LogP contribution is 2.29. The van der Waals surface area contributed by atoms with Crippen LogP contribution >= 0.6 is 11.6 Å². The monoisotopic (exact) mass is 503 g/mol. The van der Waals surface area contributed by atoms with Crippen molar-refractivity contribution in [1.29, 1.82) is 0 Å². The molecule has 2 aliphatic rings. The molecular weight excluding hydrogens is 470 g/mol. The lowest BCUT2D eigenvalue weighted by Crippen LogP contribution is -2.40. The number of carbonyl (C=O) groups excluding carboxylic acids is 1. The number of ketones is 1. The van der Waals surface area contributed by atoms with E-state index in [0.29, 0.717) is 25.2 Å². The summed E-state index contributed by atoms with van der Waals surface area (Å²) in [6.45, 7) is 3.99. The highest BCUT2D eigenvalue weighted by atomic mass is 35.5. The van der Waals surface area contributed by atoms with Crippen LogP contribution in [0.15, 0.2) is 53.4 Å². The van der Waals surface area contributed by atoms with E-state index in [1.807, 2.05) is 18.2 Å². The summed E-state index contributed by atoms with van der Waals surface area (Å²) < 4.78 is 27.2. The summed E-state index contributed by atoms with van der Waals surface area (Å²) in [6.07, 6.45) is 6.46. The highest BCUT2D eigenvalue weighted by Gasteiger charge is 2.26. The van der Waals surface area contributed by atoms with Crippen LogP contribution in [0.1, 0.15) is 60.5 Å². The number of piperidine rings is 2. The second-order valence-corrected chi connectivity index (χ2v) is 11.5. The van der Waals surface area contributed by atoms with E-state index < -0.39 is 10.0 Å². The van der Waals surface area contributed by atoms with Gasteiger partial charge in [0.1, 0.15) is 0 Å². The van der Waals surface area contributed by atoms with Gasteiger partial charge in [0, 0.05) is 36.3 Å². The molecule has 184 valence electrons. The third kappa shape index (κ3) is 6.07. The van der Waals surface area contributed by atoms with Gasteiger partial charge in [-0.05, 0) is 62.5 Å². The Kier molecular flexibility index (Phi) is 8.77. The summed E-state index contributed by atoms with van der Waals surface area (Å²) >= 11 is 6.51. The van der Waals surface area contributed by atoms with Gasteiger partial charge in [0.2, 0.25) is 10.0 Å². The number of carbonyl (C=O) groups is 1. The fraction of sp³-hybridized carbons (Fsp3) is 0.500. The van der Waals surface area contributed by atoms with Crippen LogP contribution in [0.4, 0.5) is 0 Å². The number of likely N-dealkylation sites (tertiary alicyclic amines) is 1. The van der Waals surface area contributed by atoms with Crippen molar-refractivity contribution in [1.82, 2.24) is 14.5 Å². The molecule has 0 aromatic heterocycles. The fourth-order valence-electron chi connectivity index (χ4n) is 4.90. The maximum atomic E-state index is 12.8. The largest absolute Gasteiger partial charge is 0.308 e. The van der Waals surface area contributed by atoms with E-state index in [1.165, 1.54) is 19.3 Å². The number of sulfonamides is 1. The van der Waals surface area contributed by atoms with Gasteiger partial charge >= 0.3 is 0 Å². The third-order valence-corrected chi connectivity index (χ3v) is 9.11. The first kappa shape index (κ1) is 25.3. The Morgan fingerprint density at radius 1 is 0.882 bits per heavy atom. The molecular formula is C26H34ClN3O3S. The van der Waals surface area contributed by atoms with Gasteiger partial charge in [0.05, 0.1) is 11.4 Å². The molecule has 8 heteroatoms. The van der Waals surface area contributed by atoms with Crippen LogP contribution in [0.3, 0.4) is 0 Å². The number of nitrogens with zero attached hydrogens (tertiary/aromatic N) is 2. The molecule has 1 N–H and O–H groups in total. The predicted octanol–water partition coefficient (Wildman–Crippen LogP) is 4.51. The zero-order valence-electron chi connectivity index (χ0n) is 19.6. The second kappa shape index (κ2) is 11.8. The smallest absolute Gasteiger partial charge is 0.243 e. The number of Topliss-reactive ketones (excluding diaryl/α,β-unsaturated/α-hetero) is 1. The zero-order valence-corrected chi connectivity index (χ0v) is 21.2. The minimum Gasteiger partial charge on any atom is -0.308 e. The topological polar surface area (TPSA) is 69.7 Å². The molecule has 2 aliphatic heterocycles. The number of rotatable bonds is 9. The first-order chi connectivity index (χ1) is 16.5. The van der Waals surface area contributed by atoms with E-state index in [1.54, 1.807) is 28.6 Å². The number of benzene rings is 2. The van der Waals surface area contributed by atoms with E-state index >= 15 is 0 Å². The lowest BCUT2D eigenvalue weighted by molar-refractivity contribution is 0.0983. The van der Waals surface area contributed by atoms with Crippen molar-refractivity contribution in [3.05, 3.63) is 64.7 Å². The molecule has 0 spiro atoms. The number of halogens is 1. The predicted molar refractivity (Wildman–Crippen MR) is 136 cm³/mol. The van der Waals surface area contributed by atoms with Gasteiger partial charge in [-0.2, -0.15) is 4.31 Å². The lowest BCUT2D eigenvalue weighted by Gasteiger charge is -2.35. The van der Waals surface area contributed by atoms with Crippen LogP contribution in [-0.4, -0.2) is 62.7 Å². The second-order valence-electron chi connectivity index (χ2n) is 9.18. The summed E-state index contributed by atoms with van der Waals surface area (Å²) in [5.74, 6) is -0.0570. The third-order valence-electron chi connectivity index (χ3n) is 6.85. The summed E-state index contributed by atoms with van der Waals surface area (Å²) in [5, 5.41) is 4.07. The molecule has 1 atom stereocenters. The molecule has 0 saturated carbocycles. The van der Waals surface area contributed by atoms with Crippen LogP contribution < -0.4 is 5.32 Å². The molecule has 0 aliphatic carbocycles. The Morgan fingerprint density at radius 2 is 1.50 bits per heavy atom. The van der Waals surface area contributed by atoms with Crippen LogP contribution in [0.5, 0.6) is 0 Å². The van der Waals surface area contributed by atoms with Crippen molar-refractivity contribution in [2.45, 2.75) is 49.5 Å². The van der Waals surface area contributed by atoms with Gasteiger partial charge < -0.3 is 5.32 Å². The van der Waals surface area contributed by atoms with Gasteiger partial charge in [-0.25, -0.2) is 8.42 Å². The standard InChI is InChI=1S/C26H34ClN3O3S/c27-24-10-4-3-9-23(24)25(29-15-5-1-6-16-29)19-28-20-26(31)21-11-13-22(14-12-21)34(32,33)30-17-7-2-8-18-30/h3-4,9-14,25,28H,1-2,5-8,15-20H2. The molecule has 2 fully saturated rings. The number of nitrogens with one attached hydrogen (secondary N) is 1. The molecule has 4 rings (SSSR count). The number of hydrogen-bond acceptors (Lipinski definition) is 5. The number of hydrogen-bond donors (Lipinski definition) is 1. The Hall–Kier alpha value is -1.77. The molecule has 0 amide bonds. The summed E-state index contributed by atoms with van der Waals surface area (Å²) in [7, 11) is -3.49. The van der Waals surface area contributed by atoms with Crippen molar-refractivity contribution in [2.24, 2.45) is 0 Å². The summed E-state index contributed by atoms with van der Waals surface area (Å²) in [4.78, 5) is 15.5. The Balaban J connectivity index is 1.38. The van der Waals surface area contributed by atoms with Gasteiger partial charge in [-0.15, -0.1) is 0 Å². The molecule has 2 aromatic rings. The molecule has 2 saturated heterocycles. The molecule has 34 heavy (non-hydrogen) atoms. The Bertz CT molecular complexity index is 1060. The maximum absolute atomic E-state index is 12.8. The van der Waals surface area contributed by atoms with E-state index in [2.05, 4.69) is 16.3 Å². The molecule has 1 unspecified atom stereocenters. The van der Waals surface area contributed by atoms with Gasteiger partial charge in [-0.1, -0.05) is 54.8 Å². The van der Waals surface area contributed by atoms with E-state index in [4.69, 9.17) is 11.6 Å². The molecule has 0 radical (unpaired) electrons. The summed E-state index contributed by atoms with van der Waals surface area (Å²) in [5.41, 5.74) is 1.59. The van der Waals surface area contributed by atoms with Crippen molar-refractivity contribution in [3.8, 4) is 0 Å². The Morgan fingerprint density at radius 3 is 2.15 bits per heavy atom. The van der Waals surface area contributed by atoms with Crippen LogP contribution in [0, 0.1) is 0 Å². The minimum absolute atomic E-state index is 0.0570. The molecule has 6 nitrogen and oxygen atoms in total. The average molecular weight is 504 g/mol. The fourth-order valence-corrected chi connectivity index (χ4v) is 6.68. The summed E-state index contributed by atoms with van der Waals surface area (Å²) in [6, 6.07) is 14.4. The highest BCUT2D eigenvalue weighted by molar-refractivity contribution is 7.89. The van der Waals surface area contributed by atoms with Crippen LogP contribution in [-0.2, 0) is 10.0 Å². The molecule has 2 heterocycles. The lowest BCUT2D eigenvalue weighted by atomic mass is 10.0. The van der Waals surface area contributed by atoms with Gasteiger partial charge in [0.15, 0.2) is 5.78 Å². The maximum Gasteiger partial charge on any atom is 0.243 e. The zero-order chi connectivity index (χ0) is 24.0. The Labute approximate surface area is 208 Å². The van der Waals surface area contributed by atoms with Gasteiger partial charge in [-0.3, -0.25) is 9.69 Å². The van der Waals surface area contributed by atoms with Crippen molar-refractivity contribution < 1.29 is 13.2 Å². The minimum atomic E-state index is -3.49. The first-order valence-electron chi connectivity index (χ1n) is 12.3. The van der Waals surface area contributed by atoms with E-state index in [9.17, 15) is 13.2 Å². The molecule has 0 bridgehead atoms. The van der Waals surface area contributed by atoms with E-state index in [-0.39, 0.29) is 23.3 Å².